The topological polar surface area (TPSA) is 55.7 Å². The molecule has 1 aliphatic heterocycles. The number of aliphatic hydroxyl groups is 1. The van der Waals surface area contributed by atoms with Crippen LogP contribution in [0.1, 0.15) is 11.6 Å². The number of aliphatic hydroxyl groups excluding tert-OH is 1. The molecule has 2 rings (SSSR count). The number of nitrogens with zero attached hydrogens (tertiary/aromatic N) is 1. The van der Waals surface area contributed by atoms with Gasteiger partial charge in [-0.15, -0.1) is 0 Å². The van der Waals surface area contributed by atoms with Crippen LogP contribution < -0.4 is 5.32 Å². The third-order valence-corrected chi connectivity index (χ3v) is 4.92. The van der Waals surface area contributed by atoms with Gasteiger partial charge in [-0.25, -0.2) is 8.78 Å². The van der Waals surface area contributed by atoms with E-state index in [9.17, 15) is 13.9 Å². The summed E-state index contributed by atoms with van der Waals surface area (Å²) in [6, 6.07) is 1.97. The molecule has 0 unspecified atom stereocenters. The molecule has 1 heterocycles. The van der Waals surface area contributed by atoms with Crippen LogP contribution in [0.5, 0.6) is 5.75 Å². The normalized spacial score (nSPS) is 18.7. The van der Waals surface area contributed by atoms with Crippen LogP contribution in [0.4, 0.5) is 8.78 Å². The average Bonchev–Trinajstić information content (AvgIpc) is 2.45. The van der Waals surface area contributed by atoms with E-state index in [1.807, 2.05) is 45.2 Å². The number of hydrogen-bond donors (Lipinski definition) is 3. The van der Waals surface area contributed by atoms with Gasteiger partial charge in [-0.1, -0.05) is 0 Å². The zero-order valence-electron chi connectivity index (χ0n) is 11.1. The first-order valence-corrected chi connectivity index (χ1v) is 8.64. The summed E-state index contributed by atoms with van der Waals surface area (Å²) >= 11 is 3.96. The van der Waals surface area contributed by atoms with Crippen molar-refractivity contribution in [1.29, 1.82) is 0 Å². The van der Waals surface area contributed by atoms with Gasteiger partial charge in [0.05, 0.1) is 3.57 Å². The molecule has 8 heteroatoms. The Morgan fingerprint density at radius 2 is 1.90 bits per heavy atom. The first kappa shape index (κ1) is 17.6. The highest BCUT2D eigenvalue weighted by Gasteiger charge is 2.45. The van der Waals surface area contributed by atoms with Gasteiger partial charge in [-0.2, -0.15) is 0 Å². The van der Waals surface area contributed by atoms with Crippen molar-refractivity contribution >= 4 is 45.2 Å². The van der Waals surface area contributed by atoms with Crippen LogP contribution in [-0.4, -0.2) is 53.8 Å². The Hall–Kier alpha value is 0.220. The Labute approximate surface area is 149 Å². The van der Waals surface area contributed by atoms with Gasteiger partial charge in [0.25, 0.3) is 5.92 Å². The van der Waals surface area contributed by atoms with E-state index in [1.165, 1.54) is 0 Å². The van der Waals surface area contributed by atoms with Crippen molar-refractivity contribution in [2.24, 2.45) is 0 Å². The number of aromatic hydroxyl groups is 1. The van der Waals surface area contributed by atoms with Crippen molar-refractivity contribution in [2.45, 2.75) is 12.0 Å². The number of rotatable bonds is 4. The molecular weight excluding hydrogens is 508 g/mol. The van der Waals surface area contributed by atoms with Crippen molar-refractivity contribution in [3.05, 3.63) is 24.8 Å². The molecule has 4 nitrogen and oxygen atoms in total. The fraction of sp³-hybridized carbons (Fsp3) is 0.538. The van der Waals surface area contributed by atoms with E-state index >= 15 is 0 Å². The van der Waals surface area contributed by atoms with E-state index in [0.29, 0.717) is 29.7 Å². The highest BCUT2D eigenvalue weighted by molar-refractivity contribution is 14.1. The first-order chi connectivity index (χ1) is 9.86. The third kappa shape index (κ3) is 3.95. The second-order valence-electron chi connectivity index (χ2n) is 4.93. The lowest BCUT2D eigenvalue weighted by molar-refractivity contribution is -0.119. The molecule has 1 aromatic rings. The van der Waals surface area contributed by atoms with E-state index in [0.717, 1.165) is 3.57 Å². The zero-order chi connectivity index (χ0) is 15.6. The van der Waals surface area contributed by atoms with Gasteiger partial charge >= 0.3 is 0 Å². The van der Waals surface area contributed by atoms with Gasteiger partial charge in [0.1, 0.15) is 18.4 Å². The molecule has 0 bridgehead atoms. The highest BCUT2D eigenvalue weighted by atomic mass is 127. The predicted molar refractivity (Wildman–Crippen MR) is 92.8 cm³/mol. The number of hydrogen-bond acceptors (Lipinski definition) is 4. The predicted octanol–water partition coefficient (Wildman–Crippen LogP) is 2.18. The number of phenolic OH excluding ortho intramolecular Hbond substituents is 1. The minimum absolute atomic E-state index is 0.132. The molecule has 0 amide bonds. The second kappa shape index (κ2) is 7.20. The third-order valence-electron chi connectivity index (χ3n) is 3.48. The molecule has 0 saturated carbocycles. The summed E-state index contributed by atoms with van der Waals surface area (Å²) in [6.07, 6.45) is 0. The minimum atomic E-state index is -3.32. The number of piperazine rings is 1. The van der Waals surface area contributed by atoms with E-state index < -0.39 is 18.6 Å². The van der Waals surface area contributed by atoms with Crippen LogP contribution in [0.25, 0.3) is 0 Å². The maximum absolute atomic E-state index is 14.3. The molecule has 3 N–H and O–H groups in total. The number of halogens is 4. The quantitative estimate of drug-likeness (QED) is 0.530. The summed E-state index contributed by atoms with van der Waals surface area (Å²) < 4.78 is 29.9. The van der Waals surface area contributed by atoms with E-state index in [-0.39, 0.29) is 11.3 Å². The first-order valence-electron chi connectivity index (χ1n) is 6.48. The number of alkyl halides is 2. The smallest absolute Gasteiger partial charge is 0.290 e. The Morgan fingerprint density at radius 1 is 1.29 bits per heavy atom. The lowest BCUT2D eigenvalue weighted by Crippen LogP contribution is -2.51. The van der Waals surface area contributed by atoms with Crippen LogP contribution in [0.3, 0.4) is 0 Å². The Kier molecular flexibility index (Phi) is 6.02. The monoisotopic (exact) mass is 524 g/mol. The van der Waals surface area contributed by atoms with Crippen molar-refractivity contribution in [3.8, 4) is 5.75 Å². The molecule has 0 radical (unpaired) electrons. The SMILES string of the molecule is OCC(F)(F)[C@H](c1cc(I)cc(I)c1O)N1CCNCC1. The summed E-state index contributed by atoms with van der Waals surface area (Å²) in [5.41, 5.74) is 0.173. The fourth-order valence-corrected chi connectivity index (χ4v) is 4.40. The van der Waals surface area contributed by atoms with Crippen LogP contribution in [0.2, 0.25) is 0 Å². The molecule has 1 atom stereocenters. The Bertz CT molecular complexity index is 511. The largest absolute Gasteiger partial charge is 0.506 e. The maximum Gasteiger partial charge on any atom is 0.290 e. The van der Waals surface area contributed by atoms with Crippen LogP contribution in [0, 0.1) is 7.14 Å². The molecule has 118 valence electrons. The number of phenols is 1. The summed E-state index contributed by atoms with van der Waals surface area (Å²) in [5, 5.41) is 22.4. The maximum atomic E-state index is 14.3. The summed E-state index contributed by atoms with van der Waals surface area (Å²) in [5.74, 6) is -3.45. The van der Waals surface area contributed by atoms with Gasteiger partial charge < -0.3 is 15.5 Å². The van der Waals surface area contributed by atoms with Crippen LogP contribution in [0.15, 0.2) is 12.1 Å². The van der Waals surface area contributed by atoms with E-state index in [4.69, 9.17) is 5.11 Å². The van der Waals surface area contributed by atoms with Gasteiger partial charge in [0, 0.05) is 35.3 Å². The van der Waals surface area contributed by atoms with Gasteiger partial charge in [0.2, 0.25) is 0 Å². The Morgan fingerprint density at radius 3 is 2.48 bits per heavy atom. The molecule has 1 aromatic carbocycles. The van der Waals surface area contributed by atoms with Gasteiger partial charge in [-0.05, 0) is 57.3 Å². The molecule has 1 aliphatic rings. The fourth-order valence-electron chi connectivity index (χ4n) is 2.51. The average molecular weight is 524 g/mol. The Balaban J connectivity index is 2.49. The summed E-state index contributed by atoms with van der Waals surface area (Å²) in [7, 11) is 0. The minimum Gasteiger partial charge on any atom is -0.506 e. The molecule has 1 saturated heterocycles. The number of nitrogens with one attached hydrogen (secondary N) is 1. The van der Waals surface area contributed by atoms with Crippen molar-refractivity contribution in [2.75, 3.05) is 32.8 Å². The van der Waals surface area contributed by atoms with E-state index in [1.54, 1.807) is 17.0 Å². The van der Waals surface area contributed by atoms with E-state index in [2.05, 4.69) is 5.32 Å². The number of benzene rings is 1. The van der Waals surface area contributed by atoms with Crippen molar-refractivity contribution < 1.29 is 19.0 Å². The molecule has 0 spiro atoms. The summed E-state index contributed by atoms with van der Waals surface area (Å²) in [4.78, 5) is 1.62. The van der Waals surface area contributed by atoms with Gasteiger partial charge in [0.15, 0.2) is 0 Å². The van der Waals surface area contributed by atoms with Crippen LogP contribution in [-0.2, 0) is 0 Å². The zero-order valence-corrected chi connectivity index (χ0v) is 15.4. The van der Waals surface area contributed by atoms with Crippen LogP contribution >= 0.6 is 45.2 Å². The lowest BCUT2D eigenvalue weighted by Gasteiger charge is -2.39. The highest BCUT2D eigenvalue weighted by Crippen LogP contribution is 2.42. The van der Waals surface area contributed by atoms with Crippen molar-refractivity contribution in [1.82, 2.24) is 10.2 Å². The standard InChI is InChI=1S/C13H16F2I2N2O2/c14-13(15,7-20)12(19-3-1-18-2-4-19)9-5-8(16)6-10(17)11(9)21/h5-6,12,18,20-21H,1-4,7H2/t12-/m0/s1. The molecule has 21 heavy (non-hydrogen) atoms. The van der Waals surface area contributed by atoms with Gasteiger partial charge in [-0.3, -0.25) is 4.90 Å². The second-order valence-corrected chi connectivity index (χ2v) is 7.34. The molecule has 0 aromatic heterocycles. The summed E-state index contributed by atoms with van der Waals surface area (Å²) in [6.45, 7) is 0.867. The lowest BCUT2D eigenvalue weighted by atomic mass is 9.97. The molecule has 0 aliphatic carbocycles. The van der Waals surface area contributed by atoms with Crippen molar-refractivity contribution in [3.63, 3.8) is 0 Å². The molecular formula is C13H16F2I2N2O2. The molecule has 1 fully saturated rings.